The fraction of sp³-hybridized carbons (Fsp3) is 0.208. The van der Waals surface area contributed by atoms with Gasteiger partial charge < -0.3 is 24.2 Å². The molecule has 2 amide bonds. The van der Waals surface area contributed by atoms with E-state index in [0.29, 0.717) is 60.8 Å². The van der Waals surface area contributed by atoms with Crippen molar-refractivity contribution >= 4 is 40.4 Å². The van der Waals surface area contributed by atoms with Gasteiger partial charge in [0.05, 0.1) is 33.4 Å². The van der Waals surface area contributed by atoms with Crippen molar-refractivity contribution < 1.29 is 23.6 Å². The van der Waals surface area contributed by atoms with Crippen LogP contribution in [-0.4, -0.2) is 46.0 Å². The second-order valence-electron chi connectivity index (χ2n) is 14.5. The van der Waals surface area contributed by atoms with Crippen LogP contribution >= 0.6 is 22.9 Å². The summed E-state index contributed by atoms with van der Waals surface area (Å²) in [5.41, 5.74) is 8.10. The van der Waals surface area contributed by atoms with Gasteiger partial charge in [0.1, 0.15) is 5.75 Å². The number of aromatic nitrogens is 2. The fourth-order valence-electron chi connectivity index (χ4n) is 7.12. The maximum Gasteiger partial charge on any atom is 0.254 e. The van der Waals surface area contributed by atoms with Crippen molar-refractivity contribution in [2.24, 2.45) is 0 Å². The summed E-state index contributed by atoms with van der Waals surface area (Å²) < 4.78 is 17.1. The third-order valence-electron chi connectivity index (χ3n) is 10.2. The average Bonchev–Trinajstić information content (AvgIpc) is 3.96. The fourth-order valence-corrected chi connectivity index (χ4v) is 7.96. The molecule has 0 spiro atoms. The predicted molar refractivity (Wildman–Crippen MR) is 237 cm³/mol. The standard InChI is InChI=1S/C48H46ClN5O5S/c1-32(37-10-7-11-42(25-37)50-33(2)55)53(30-46-51-47(52-59-46)35-20-22-41(49)23-21-35)27-39-9-5-6-13-44(39)38-18-19-40(45(26-38)58-4)28-54(29-43-12-8-24-60-43)48(56)36-16-14-34(15-17-36)31-57-3/h5-26,32H,27-31H2,1-4H3,(H,50,55). The summed E-state index contributed by atoms with van der Waals surface area (Å²) in [5, 5.41) is 9.84. The summed E-state index contributed by atoms with van der Waals surface area (Å²) in [6.45, 7) is 5.80. The van der Waals surface area contributed by atoms with Crippen LogP contribution in [0, 0.1) is 0 Å². The van der Waals surface area contributed by atoms with Crippen LogP contribution < -0.4 is 10.1 Å². The van der Waals surface area contributed by atoms with Crippen LogP contribution in [0.5, 0.6) is 5.75 Å². The van der Waals surface area contributed by atoms with Crippen molar-refractivity contribution in [2.75, 3.05) is 19.5 Å². The van der Waals surface area contributed by atoms with Gasteiger partial charge in [-0.3, -0.25) is 14.5 Å². The Kier molecular flexibility index (Phi) is 13.8. The smallest absolute Gasteiger partial charge is 0.254 e. The van der Waals surface area contributed by atoms with E-state index in [1.807, 2.05) is 107 Å². The Morgan fingerprint density at radius 1 is 0.817 bits per heavy atom. The zero-order chi connectivity index (χ0) is 42.0. The van der Waals surface area contributed by atoms with Gasteiger partial charge in [0.25, 0.3) is 5.91 Å². The molecule has 1 unspecified atom stereocenters. The number of ether oxygens (including phenoxy) is 2. The molecular formula is C48H46ClN5O5S. The minimum Gasteiger partial charge on any atom is -0.496 e. The Morgan fingerprint density at radius 3 is 2.33 bits per heavy atom. The molecule has 10 nitrogen and oxygen atoms in total. The van der Waals surface area contributed by atoms with E-state index in [4.69, 9.17) is 30.6 Å². The van der Waals surface area contributed by atoms with E-state index in [9.17, 15) is 9.59 Å². The number of halogens is 1. The zero-order valence-electron chi connectivity index (χ0n) is 33.9. The number of nitrogens with one attached hydrogen (secondary N) is 1. The molecule has 0 saturated carbocycles. The van der Waals surface area contributed by atoms with Crippen molar-refractivity contribution in [1.82, 2.24) is 19.9 Å². The van der Waals surface area contributed by atoms with Crippen LogP contribution in [-0.2, 0) is 42.3 Å². The van der Waals surface area contributed by atoms with E-state index in [-0.39, 0.29) is 17.9 Å². The Morgan fingerprint density at radius 2 is 1.60 bits per heavy atom. The molecule has 7 rings (SSSR count). The third-order valence-corrected chi connectivity index (χ3v) is 11.3. The van der Waals surface area contributed by atoms with Gasteiger partial charge in [-0.25, -0.2) is 0 Å². The Labute approximate surface area is 359 Å². The van der Waals surface area contributed by atoms with Gasteiger partial charge in [0.15, 0.2) is 0 Å². The normalized spacial score (nSPS) is 11.7. The molecule has 2 heterocycles. The molecule has 0 fully saturated rings. The van der Waals surface area contributed by atoms with Crippen molar-refractivity contribution in [3.8, 4) is 28.3 Å². The molecule has 0 aliphatic rings. The highest BCUT2D eigenvalue weighted by Crippen LogP contribution is 2.34. The Balaban J connectivity index is 1.18. The van der Waals surface area contributed by atoms with Crippen molar-refractivity contribution in [2.45, 2.75) is 52.7 Å². The number of hydrogen-bond donors (Lipinski definition) is 1. The highest BCUT2D eigenvalue weighted by Gasteiger charge is 2.24. The maximum absolute atomic E-state index is 14.0. The lowest BCUT2D eigenvalue weighted by Gasteiger charge is -2.29. The van der Waals surface area contributed by atoms with E-state index in [0.717, 1.165) is 49.5 Å². The molecule has 0 saturated heterocycles. The summed E-state index contributed by atoms with van der Waals surface area (Å²) in [7, 11) is 3.32. The molecule has 0 radical (unpaired) electrons. The van der Waals surface area contributed by atoms with Crippen molar-refractivity contribution in [3.63, 3.8) is 0 Å². The summed E-state index contributed by atoms with van der Waals surface area (Å²) in [5.74, 6) is 1.41. The molecule has 12 heteroatoms. The Hall–Kier alpha value is -6.11. The Bertz CT molecular complexity index is 2520. The van der Waals surface area contributed by atoms with Gasteiger partial charge in [0, 0.05) is 58.9 Å². The minimum atomic E-state index is -0.137. The lowest BCUT2D eigenvalue weighted by atomic mass is 9.96. The van der Waals surface area contributed by atoms with E-state index in [2.05, 4.69) is 40.5 Å². The van der Waals surface area contributed by atoms with Crippen LogP contribution in [0.15, 0.2) is 137 Å². The average molecular weight is 840 g/mol. The second-order valence-corrected chi connectivity index (χ2v) is 15.9. The highest BCUT2D eigenvalue weighted by molar-refractivity contribution is 7.09. The SMILES string of the molecule is COCc1ccc(C(=O)N(Cc2cccs2)Cc2ccc(-c3ccccc3CN(Cc3nc(-c4ccc(Cl)cc4)no3)C(C)c3cccc(NC(C)=O)c3)cc2OC)cc1. The van der Waals surface area contributed by atoms with E-state index >= 15 is 0 Å². The number of methoxy groups -OCH3 is 2. The first kappa shape index (κ1) is 42.0. The number of carbonyl (C=O) groups is 2. The number of nitrogens with zero attached hydrogens (tertiary/aromatic N) is 4. The summed E-state index contributed by atoms with van der Waals surface area (Å²) in [6.07, 6.45) is 0. The maximum atomic E-state index is 14.0. The quantitative estimate of drug-likeness (QED) is 0.0965. The molecule has 5 aromatic carbocycles. The zero-order valence-corrected chi connectivity index (χ0v) is 35.5. The van der Waals surface area contributed by atoms with Gasteiger partial charge in [-0.2, -0.15) is 4.98 Å². The van der Waals surface area contributed by atoms with Crippen LogP contribution in [0.25, 0.3) is 22.5 Å². The monoisotopic (exact) mass is 839 g/mol. The van der Waals surface area contributed by atoms with Crippen LogP contribution in [0.2, 0.25) is 5.02 Å². The van der Waals surface area contributed by atoms with Crippen molar-refractivity contribution in [3.05, 3.63) is 176 Å². The van der Waals surface area contributed by atoms with Crippen LogP contribution in [0.1, 0.15) is 63.3 Å². The molecule has 1 N–H and O–H groups in total. The summed E-state index contributed by atoms with van der Waals surface area (Å²) in [4.78, 5) is 35.9. The van der Waals surface area contributed by atoms with Crippen molar-refractivity contribution in [1.29, 1.82) is 0 Å². The second kappa shape index (κ2) is 19.8. The molecule has 0 aliphatic carbocycles. The molecule has 306 valence electrons. The molecule has 0 aliphatic heterocycles. The van der Waals surface area contributed by atoms with Crippen LogP contribution in [0.3, 0.4) is 0 Å². The predicted octanol–water partition coefficient (Wildman–Crippen LogP) is 10.8. The van der Waals surface area contributed by atoms with E-state index in [1.54, 1.807) is 37.7 Å². The first-order valence-electron chi connectivity index (χ1n) is 19.5. The van der Waals surface area contributed by atoms with Crippen LogP contribution in [0.4, 0.5) is 5.69 Å². The van der Waals surface area contributed by atoms with Gasteiger partial charge in [-0.05, 0) is 101 Å². The van der Waals surface area contributed by atoms with E-state index < -0.39 is 0 Å². The number of thiophene rings is 1. The molecule has 2 aromatic heterocycles. The largest absolute Gasteiger partial charge is 0.496 e. The molecule has 60 heavy (non-hydrogen) atoms. The topological polar surface area (TPSA) is 110 Å². The van der Waals surface area contributed by atoms with Gasteiger partial charge in [-0.15, -0.1) is 11.3 Å². The highest BCUT2D eigenvalue weighted by atomic mass is 35.5. The number of carbonyl (C=O) groups excluding carboxylic acids is 2. The molecule has 0 bridgehead atoms. The number of rotatable bonds is 17. The summed E-state index contributed by atoms with van der Waals surface area (Å²) in [6, 6.07) is 41.1. The van der Waals surface area contributed by atoms with Gasteiger partial charge in [0.2, 0.25) is 17.6 Å². The lowest BCUT2D eigenvalue weighted by molar-refractivity contribution is -0.114. The molecular weight excluding hydrogens is 794 g/mol. The third kappa shape index (κ3) is 10.5. The first-order chi connectivity index (χ1) is 29.2. The number of hydrogen-bond acceptors (Lipinski definition) is 9. The first-order valence-corrected chi connectivity index (χ1v) is 20.8. The minimum absolute atomic E-state index is 0.0674. The van der Waals surface area contributed by atoms with Gasteiger partial charge >= 0.3 is 0 Å². The lowest BCUT2D eigenvalue weighted by Crippen LogP contribution is -2.30. The molecule has 7 aromatic rings. The number of amides is 2. The summed E-state index contributed by atoms with van der Waals surface area (Å²) >= 11 is 7.76. The van der Waals surface area contributed by atoms with Gasteiger partial charge in [-0.1, -0.05) is 83.5 Å². The number of anilines is 1. The van der Waals surface area contributed by atoms with E-state index in [1.165, 1.54) is 6.92 Å². The molecule has 1 atom stereocenters. The number of benzene rings is 5.